The van der Waals surface area contributed by atoms with E-state index >= 15 is 0 Å². The number of esters is 1. The van der Waals surface area contributed by atoms with Gasteiger partial charge in [0.1, 0.15) is 0 Å². The summed E-state index contributed by atoms with van der Waals surface area (Å²) in [5.74, 6) is 1.90. The summed E-state index contributed by atoms with van der Waals surface area (Å²) in [5.41, 5.74) is 12.2. The Morgan fingerprint density at radius 1 is 0.933 bits per heavy atom. The molecule has 0 fully saturated rings. The van der Waals surface area contributed by atoms with Crippen LogP contribution in [0.2, 0.25) is 0 Å². The van der Waals surface area contributed by atoms with Gasteiger partial charge in [-0.25, -0.2) is 4.98 Å². The Morgan fingerprint density at radius 3 is 2.20 bits per heavy atom. The minimum atomic E-state index is -0.219. The monoisotopic (exact) mass is 418 g/mol. The van der Waals surface area contributed by atoms with Crippen molar-refractivity contribution in [3.8, 4) is 17.2 Å². The van der Waals surface area contributed by atoms with E-state index in [1.54, 1.807) is 6.92 Å². The number of benzene rings is 1. The predicted octanol–water partition coefficient (Wildman–Crippen LogP) is 2.77. The van der Waals surface area contributed by atoms with Crippen molar-refractivity contribution in [2.75, 3.05) is 37.9 Å². The highest BCUT2D eigenvalue weighted by Crippen LogP contribution is 2.27. The maximum Gasteiger partial charge on any atom is 0.305 e. The van der Waals surface area contributed by atoms with E-state index in [1.807, 2.05) is 31.2 Å². The number of hydrogen-bond acceptors (Lipinski definition) is 9. The number of aryl methyl sites for hydroxylation is 1. The van der Waals surface area contributed by atoms with Gasteiger partial charge in [0, 0.05) is 12.8 Å². The Kier molecular flexibility index (Phi) is 9.50. The summed E-state index contributed by atoms with van der Waals surface area (Å²) in [5, 5.41) is 0. The molecule has 0 unspecified atom stereocenters. The lowest BCUT2D eigenvalue weighted by Gasteiger charge is -2.14. The lowest BCUT2D eigenvalue weighted by Crippen LogP contribution is -2.11. The highest BCUT2D eigenvalue weighted by atomic mass is 16.5. The van der Waals surface area contributed by atoms with Crippen molar-refractivity contribution in [2.45, 2.75) is 39.5 Å². The van der Waals surface area contributed by atoms with Crippen LogP contribution in [0.1, 0.15) is 38.8 Å². The van der Waals surface area contributed by atoms with Gasteiger partial charge in [-0.05, 0) is 31.9 Å². The normalized spacial score (nSPS) is 10.5. The van der Waals surface area contributed by atoms with Crippen LogP contribution in [-0.2, 0) is 16.0 Å². The number of hydrogen-bond donors (Lipinski definition) is 2. The number of anilines is 2. The summed E-state index contributed by atoms with van der Waals surface area (Å²) >= 11 is 0. The van der Waals surface area contributed by atoms with Gasteiger partial charge in [-0.1, -0.05) is 19.1 Å². The second kappa shape index (κ2) is 12.4. The molecular formula is C21H30N4O5. The van der Waals surface area contributed by atoms with Crippen LogP contribution in [0, 0.1) is 0 Å². The molecule has 30 heavy (non-hydrogen) atoms. The first-order valence-corrected chi connectivity index (χ1v) is 10.1. The first kappa shape index (κ1) is 23.1. The molecule has 9 nitrogen and oxygen atoms in total. The fourth-order valence-electron chi connectivity index (χ4n) is 2.67. The number of rotatable bonds is 13. The zero-order chi connectivity index (χ0) is 21.8. The molecule has 0 radical (unpaired) electrons. The molecule has 0 amide bonds. The van der Waals surface area contributed by atoms with E-state index < -0.39 is 0 Å². The Hall–Kier alpha value is -3.23. The quantitative estimate of drug-likeness (QED) is 0.372. The number of para-hydroxylation sites is 2. The van der Waals surface area contributed by atoms with E-state index in [2.05, 4.69) is 9.97 Å². The van der Waals surface area contributed by atoms with Crippen LogP contribution in [0.3, 0.4) is 0 Å². The molecule has 164 valence electrons. The number of aromatic nitrogens is 2. The number of nitrogens with two attached hydrogens (primary N) is 2. The third kappa shape index (κ3) is 7.31. The molecular weight excluding hydrogens is 388 g/mol. The van der Waals surface area contributed by atoms with E-state index in [9.17, 15) is 4.79 Å². The van der Waals surface area contributed by atoms with Gasteiger partial charge in [-0.15, -0.1) is 0 Å². The van der Waals surface area contributed by atoms with Gasteiger partial charge in [0.25, 0.3) is 0 Å². The molecule has 0 aliphatic carbocycles. The van der Waals surface area contributed by atoms with E-state index in [4.69, 9.17) is 30.4 Å². The van der Waals surface area contributed by atoms with E-state index in [0.717, 1.165) is 0 Å². The van der Waals surface area contributed by atoms with Crippen molar-refractivity contribution >= 4 is 17.7 Å². The van der Waals surface area contributed by atoms with Crippen molar-refractivity contribution in [1.82, 2.24) is 9.97 Å². The van der Waals surface area contributed by atoms with Crippen LogP contribution in [0.4, 0.5) is 11.8 Å². The first-order valence-electron chi connectivity index (χ1n) is 10.1. The summed E-state index contributed by atoms with van der Waals surface area (Å²) in [6.45, 7) is 5.35. The van der Waals surface area contributed by atoms with Gasteiger partial charge in [0.05, 0.1) is 32.1 Å². The summed E-state index contributed by atoms with van der Waals surface area (Å²) in [7, 11) is 0. The number of ether oxygens (including phenoxy) is 4. The SMILES string of the molecule is CCOC(=O)CCCOc1ccccc1OCCCOc1c(N)nc(N)nc1CC. The topological polar surface area (TPSA) is 132 Å². The van der Waals surface area contributed by atoms with E-state index in [1.165, 1.54) is 0 Å². The summed E-state index contributed by atoms with van der Waals surface area (Å²) in [6, 6.07) is 7.41. The molecule has 2 rings (SSSR count). The van der Waals surface area contributed by atoms with Crippen LogP contribution >= 0.6 is 0 Å². The van der Waals surface area contributed by atoms with Gasteiger partial charge in [0.15, 0.2) is 23.1 Å². The lowest BCUT2D eigenvalue weighted by molar-refractivity contribution is -0.143. The van der Waals surface area contributed by atoms with Gasteiger partial charge >= 0.3 is 5.97 Å². The van der Waals surface area contributed by atoms with Crippen LogP contribution in [0.25, 0.3) is 0 Å². The van der Waals surface area contributed by atoms with Crippen LogP contribution < -0.4 is 25.7 Å². The first-order chi connectivity index (χ1) is 14.5. The van der Waals surface area contributed by atoms with Gasteiger partial charge in [-0.2, -0.15) is 4.98 Å². The molecule has 1 aromatic heterocycles. The minimum Gasteiger partial charge on any atom is -0.490 e. The largest absolute Gasteiger partial charge is 0.490 e. The summed E-state index contributed by atoms with van der Waals surface area (Å²) in [6.07, 6.45) is 2.17. The highest BCUT2D eigenvalue weighted by Gasteiger charge is 2.11. The molecule has 2 aromatic rings. The molecule has 1 heterocycles. The van der Waals surface area contributed by atoms with Crippen LogP contribution in [-0.4, -0.2) is 42.4 Å². The summed E-state index contributed by atoms with van der Waals surface area (Å²) < 4.78 is 22.2. The lowest BCUT2D eigenvalue weighted by atomic mass is 10.3. The third-order valence-electron chi connectivity index (χ3n) is 4.04. The second-order valence-corrected chi connectivity index (χ2v) is 6.35. The highest BCUT2D eigenvalue weighted by molar-refractivity contribution is 5.69. The Labute approximate surface area is 176 Å². The molecule has 0 aliphatic heterocycles. The van der Waals surface area contributed by atoms with Crippen molar-refractivity contribution in [3.63, 3.8) is 0 Å². The minimum absolute atomic E-state index is 0.138. The smallest absolute Gasteiger partial charge is 0.305 e. The molecule has 9 heteroatoms. The average Bonchev–Trinajstić information content (AvgIpc) is 2.73. The number of nitrogens with zero attached hydrogens (tertiary/aromatic N) is 2. The van der Waals surface area contributed by atoms with Crippen molar-refractivity contribution in [1.29, 1.82) is 0 Å². The molecule has 0 saturated carbocycles. The van der Waals surface area contributed by atoms with E-state index in [-0.39, 0.29) is 17.7 Å². The molecule has 0 spiro atoms. The van der Waals surface area contributed by atoms with Crippen molar-refractivity contribution in [3.05, 3.63) is 30.0 Å². The maximum atomic E-state index is 11.4. The Bertz CT molecular complexity index is 816. The van der Waals surface area contributed by atoms with Crippen LogP contribution in [0.15, 0.2) is 24.3 Å². The van der Waals surface area contributed by atoms with Crippen molar-refractivity contribution in [2.24, 2.45) is 0 Å². The van der Waals surface area contributed by atoms with Crippen molar-refractivity contribution < 1.29 is 23.7 Å². The second-order valence-electron chi connectivity index (χ2n) is 6.35. The Balaban J connectivity index is 1.76. The molecule has 4 N–H and O–H groups in total. The average molecular weight is 418 g/mol. The predicted molar refractivity (Wildman–Crippen MR) is 114 cm³/mol. The summed E-state index contributed by atoms with van der Waals surface area (Å²) in [4.78, 5) is 19.5. The van der Waals surface area contributed by atoms with Gasteiger partial charge in [-0.3, -0.25) is 4.79 Å². The fourth-order valence-corrected chi connectivity index (χ4v) is 2.67. The zero-order valence-corrected chi connectivity index (χ0v) is 17.6. The van der Waals surface area contributed by atoms with E-state index in [0.29, 0.717) is 75.1 Å². The number of carbonyl (C=O) groups excluding carboxylic acids is 1. The fraction of sp³-hybridized carbons (Fsp3) is 0.476. The maximum absolute atomic E-state index is 11.4. The third-order valence-corrected chi connectivity index (χ3v) is 4.04. The molecule has 0 aliphatic rings. The number of nitrogen functional groups attached to an aromatic ring is 2. The molecule has 0 saturated heterocycles. The Morgan fingerprint density at radius 2 is 1.57 bits per heavy atom. The van der Waals surface area contributed by atoms with Gasteiger partial charge in [0.2, 0.25) is 5.95 Å². The van der Waals surface area contributed by atoms with Gasteiger partial charge < -0.3 is 30.4 Å². The zero-order valence-electron chi connectivity index (χ0n) is 17.6. The standard InChI is InChI=1S/C21H30N4O5/c1-3-15-19(20(22)25-21(23)24-15)30-14-8-13-29-17-10-6-5-9-16(17)28-12-7-11-18(26)27-4-2/h5-6,9-10H,3-4,7-8,11-14H2,1-2H3,(H4,22,23,24,25). The van der Waals surface area contributed by atoms with Crippen LogP contribution in [0.5, 0.6) is 17.2 Å². The molecule has 1 aromatic carbocycles. The number of carbonyl (C=O) groups is 1. The molecule has 0 atom stereocenters. The molecule has 0 bridgehead atoms.